The fraction of sp³-hybridized carbons (Fsp3) is 0.421. The smallest absolute Gasteiger partial charge is 0.410 e. The van der Waals surface area contributed by atoms with Gasteiger partial charge in [-0.3, -0.25) is 0 Å². The molecular weight excluding hydrogens is 332 g/mol. The molecule has 26 heavy (non-hydrogen) atoms. The number of anilines is 1. The molecule has 2 aromatic heterocycles. The van der Waals surface area contributed by atoms with E-state index in [1.165, 1.54) is 0 Å². The van der Waals surface area contributed by atoms with Gasteiger partial charge in [0.25, 0.3) is 0 Å². The predicted octanol–water partition coefficient (Wildman–Crippen LogP) is 3.27. The maximum atomic E-state index is 12.2. The molecule has 1 aliphatic rings. The molecule has 0 aliphatic carbocycles. The second kappa shape index (κ2) is 7.08. The van der Waals surface area contributed by atoms with Crippen molar-refractivity contribution in [2.24, 2.45) is 0 Å². The molecule has 3 heterocycles. The van der Waals surface area contributed by atoms with Crippen LogP contribution in [0.3, 0.4) is 0 Å². The van der Waals surface area contributed by atoms with Gasteiger partial charge in [-0.1, -0.05) is 0 Å². The lowest BCUT2D eigenvalue weighted by Gasteiger charge is -2.36. The van der Waals surface area contributed by atoms with Gasteiger partial charge in [0.05, 0.1) is 11.8 Å². The number of hydrogen-bond donors (Lipinski definition) is 0. The number of piperazine rings is 1. The molecule has 0 N–H and O–H groups in total. The Hall–Kier alpha value is -3.01. The van der Waals surface area contributed by atoms with E-state index in [0.29, 0.717) is 49.0 Å². The SMILES string of the molecule is CC(C)(C)OC(=O)N1CCN(c2nc(-c3ccco3)ccc2C#N)CC1. The molecule has 2 aromatic rings. The quantitative estimate of drug-likeness (QED) is 0.823. The van der Waals surface area contributed by atoms with Crippen molar-refractivity contribution in [1.82, 2.24) is 9.88 Å². The third-order valence-electron chi connectivity index (χ3n) is 4.00. The molecule has 136 valence electrons. The Balaban J connectivity index is 1.74. The van der Waals surface area contributed by atoms with Crippen LogP contribution in [0.25, 0.3) is 11.5 Å². The molecule has 7 nitrogen and oxygen atoms in total. The summed E-state index contributed by atoms with van der Waals surface area (Å²) in [6, 6.07) is 9.35. The average Bonchev–Trinajstić information content (AvgIpc) is 3.14. The number of pyridine rings is 1. The largest absolute Gasteiger partial charge is 0.463 e. The second-order valence-electron chi connectivity index (χ2n) is 7.11. The Labute approximate surface area is 152 Å². The summed E-state index contributed by atoms with van der Waals surface area (Å²) in [5.41, 5.74) is 0.672. The van der Waals surface area contributed by atoms with Crippen molar-refractivity contribution >= 4 is 11.9 Å². The molecule has 0 saturated carbocycles. The van der Waals surface area contributed by atoms with Crippen molar-refractivity contribution in [3.05, 3.63) is 36.1 Å². The fourth-order valence-corrected chi connectivity index (χ4v) is 2.77. The van der Waals surface area contributed by atoms with E-state index >= 15 is 0 Å². The van der Waals surface area contributed by atoms with Gasteiger partial charge in [0.15, 0.2) is 5.76 Å². The topological polar surface area (TPSA) is 82.6 Å². The van der Waals surface area contributed by atoms with E-state index < -0.39 is 5.60 Å². The van der Waals surface area contributed by atoms with Crippen molar-refractivity contribution in [3.63, 3.8) is 0 Å². The van der Waals surface area contributed by atoms with Crippen molar-refractivity contribution in [3.8, 4) is 17.5 Å². The Morgan fingerprint density at radius 1 is 1.23 bits per heavy atom. The minimum absolute atomic E-state index is 0.310. The average molecular weight is 354 g/mol. The van der Waals surface area contributed by atoms with Crippen LogP contribution >= 0.6 is 0 Å². The monoisotopic (exact) mass is 354 g/mol. The molecule has 0 spiro atoms. The molecular formula is C19H22N4O3. The summed E-state index contributed by atoms with van der Waals surface area (Å²) in [5, 5.41) is 9.41. The van der Waals surface area contributed by atoms with Crippen LogP contribution in [0.1, 0.15) is 26.3 Å². The van der Waals surface area contributed by atoms with E-state index in [1.807, 2.05) is 31.7 Å². The van der Waals surface area contributed by atoms with Gasteiger partial charge < -0.3 is 19.0 Å². The maximum absolute atomic E-state index is 12.2. The molecule has 0 aromatic carbocycles. The zero-order valence-corrected chi connectivity index (χ0v) is 15.2. The molecule has 1 saturated heterocycles. The van der Waals surface area contributed by atoms with Crippen molar-refractivity contribution in [1.29, 1.82) is 5.26 Å². The highest BCUT2D eigenvalue weighted by atomic mass is 16.6. The number of nitrogens with zero attached hydrogens (tertiary/aromatic N) is 4. The van der Waals surface area contributed by atoms with E-state index in [-0.39, 0.29) is 6.09 Å². The van der Waals surface area contributed by atoms with Gasteiger partial charge in [-0.15, -0.1) is 0 Å². The normalized spacial score (nSPS) is 14.8. The van der Waals surface area contributed by atoms with Crippen LogP contribution in [-0.2, 0) is 4.74 Å². The van der Waals surface area contributed by atoms with Crippen molar-refractivity contribution in [2.75, 3.05) is 31.1 Å². The molecule has 1 amide bonds. The first-order valence-electron chi connectivity index (χ1n) is 8.55. The van der Waals surface area contributed by atoms with Crippen LogP contribution in [0, 0.1) is 11.3 Å². The summed E-state index contributed by atoms with van der Waals surface area (Å²) in [5.74, 6) is 1.27. The van der Waals surface area contributed by atoms with E-state index in [2.05, 4.69) is 11.1 Å². The van der Waals surface area contributed by atoms with Gasteiger partial charge in [-0.2, -0.15) is 5.26 Å². The van der Waals surface area contributed by atoms with Gasteiger partial charge in [0.1, 0.15) is 23.2 Å². The van der Waals surface area contributed by atoms with E-state index in [9.17, 15) is 10.1 Å². The lowest BCUT2D eigenvalue weighted by atomic mass is 10.2. The highest BCUT2D eigenvalue weighted by Gasteiger charge is 2.27. The summed E-state index contributed by atoms with van der Waals surface area (Å²) >= 11 is 0. The predicted molar refractivity (Wildman–Crippen MR) is 96.7 cm³/mol. The molecule has 0 atom stereocenters. The number of furan rings is 1. The highest BCUT2D eigenvalue weighted by Crippen LogP contribution is 2.25. The number of carbonyl (C=O) groups is 1. The van der Waals surface area contributed by atoms with Gasteiger partial charge in [-0.05, 0) is 45.0 Å². The number of amides is 1. The lowest BCUT2D eigenvalue weighted by molar-refractivity contribution is 0.0240. The number of carbonyl (C=O) groups excluding carboxylic acids is 1. The van der Waals surface area contributed by atoms with Crippen LogP contribution in [0.5, 0.6) is 0 Å². The van der Waals surface area contributed by atoms with Gasteiger partial charge in [-0.25, -0.2) is 9.78 Å². The zero-order chi connectivity index (χ0) is 18.7. The van der Waals surface area contributed by atoms with Crippen LogP contribution < -0.4 is 4.90 Å². The molecule has 0 radical (unpaired) electrons. The van der Waals surface area contributed by atoms with Crippen LogP contribution in [0.2, 0.25) is 0 Å². The molecule has 0 unspecified atom stereocenters. The number of aromatic nitrogens is 1. The van der Waals surface area contributed by atoms with Gasteiger partial charge >= 0.3 is 6.09 Å². The summed E-state index contributed by atoms with van der Waals surface area (Å²) in [6.07, 6.45) is 1.28. The van der Waals surface area contributed by atoms with Gasteiger partial charge in [0.2, 0.25) is 0 Å². The molecule has 1 aliphatic heterocycles. The van der Waals surface area contributed by atoms with Crippen molar-refractivity contribution in [2.45, 2.75) is 26.4 Å². The minimum atomic E-state index is -0.513. The summed E-state index contributed by atoms with van der Waals surface area (Å²) < 4.78 is 10.8. The molecule has 7 heteroatoms. The molecule has 3 rings (SSSR count). The number of rotatable bonds is 2. The summed E-state index contributed by atoms with van der Waals surface area (Å²) in [4.78, 5) is 20.5. The first-order valence-corrected chi connectivity index (χ1v) is 8.55. The Morgan fingerprint density at radius 3 is 2.54 bits per heavy atom. The van der Waals surface area contributed by atoms with Crippen molar-refractivity contribution < 1.29 is 13.9 Å². The highest BCUT2D eigenvalue weighted by molar-refractivity contribution is 5.69. The maximum Gasteiger partial charge on any atom is 0.410 e. The van der Waals surface area contributed by atoms with Crippen LogP contribution in [0.4, 0.5) is 10.6 Å². The first-order chi connectivity index (χ1) is 12.4. The fourth-order valence-electron chi connectivity index (χ4n) is 2.77. The zero-order valence-electron chi connectivity index (χ0n) is 15.2. The third kappa shape index (κ3) is 3.97. The second-order valence-corrected chi connectivity index (χ2v) is 7.11. The molecule has 0 bridgehead atoms. The Bertz CT molecular complexity index is 810. The van der Waals surface area contributed by atoms with Crippen LogP contribution in [-0.4, -0.2) is 47.8 Å². The number of hydrogen-bond acceptors (Lipinski definition) is 6. The Kier molecular flexibility index (Phi) is 4.85. The van der Waals surface area contributed by atoms with Gasteiger partial charge in [0, 0.05) is 26.2 Å². The number of ether oxygens (including phenoxy) is 1. The molecule has 1 fully saturated rings. The third-order valence-corrected chi connectivity index (χ3v) is 4.00. The summed E-state index contributed by atoms with van der Waals surface area (Å²) in [6.45, 7) is 7.77. The van der Waals surface area contributed by atoms with E-state index in [1.54, 1.807) is 29.4 Å². The summed E-state index contributed by atoms with van der Waals surface area (Å²) in [7, 11) is 0. The van der Waals surface area contributed by atoms with Crippen LogP contribution in [0.15, 0.2) is 34.9 Å². The first kappa shape index (κ1) is 17.8. The lowest BCUT2D eigenvalue weighted by Crippen LogP contribution is -2.50. The number of nitriles is 1. The minimum Gasteiger partial charge on any atom is -0.463 e. The van der Waals surface area contributed by atoms with E-state index in [4.69, 9.17) is 9.15 Å². The standard InChI is InChI=1S/C19H22N4O3/c1-19(2,3)26-18(24)23-10-8-22(9-11-23)17-14(13-20)6-7-15(21-17)16-5-4-12-25-16/h4-7,12H,8-11H2,1-3H3. The Morgan fingerprint density at radius 2 is 1.96 bits per heavy atom. The van der Waals surface area contributed by atoms with E-state index in [0.717, 1.165) is 0 Å².